The van der Waals surface area contributed by atoms with Gasteiger partial charge in [-0.1, -0.05) is 6.07 Å². The molecule has 1 aliphatic rings. The van der Waals surface area contributed by atoms with Gasteiger partial charge in [-0.3, -0.25) is 14.6 Å². The monoisotopic (exact) mass is 515 g/mol. The Morgan fingerprint density at radius 3 is 2.55 bits per heavy atom. The molecule has 1 aliphatic heterocycles. The Morgan fingerprint density at radius 2 is 1.84 bits per heavy atom. The van der Waals surface area contributed by atoms with E-state index >= 15 is 0 Å². The maximum Gasteiger partial charge on any atom is 0.256 e. The average Bonchev–Trinajstić information content (AvgIpc) is 3.39. The van der Waals surface area contributed by atoms with E-state index < -0.39 is 17.5 Å². The van der Waals surface area contributed by atoms with Crippen molar-refractivity contribution in [2.24, 2.45) is 5.73 Å². The molecule has 3 heterocycles. The van der Waals surface area contributed by atoms with Gasteiger partial charge in [-0.05, 0) is 79.9 Å². The van der Waals surface area contributed by atoms with Crippen molar-refractivity contribution < 1.29 is 18.4 Å². The highest BCUT2D eigenvalue weighted by Gasteiger charge is 2.25. The molecule has 5 rings (SSSR count). The van der Waals surface area contributed by atoms with E-state index in [-0.39, 0.29) is 23.1 Å². The van der Waals surface area contributed by atoms with Crippen LogP contribution in [0.2, 0.25) is 0 Å². The van der Waals surface area contributed by atoms with Gasteiger partial charge in [-0.2, -0.15) is 0 Å². The lowest BCUT2D eigenvalue weighted by Crippen LogP contribution is -2.39. The number of carbonyl (C=O) groups excluding carboxylic acids is 2. The molecule has 0 radical (unpaired) electrons. The molecule has 194 valence electrons. The number of nitrogens with zero attached hydrogens (tertiary/aromatic N) is 3. The summed E-state index contributed by atoms with van der Waals surface area (Å²) < 4.78 is 28.7. The van der Waals surface area contributed by atoms with Gasteiger partial charge in [-0.25, -0.2) is 13.8 Å². The summed E-state index contributed by atoms with van der Waals surface area (Å²) in [6.45, 7) is 3.18. The largest absolute Gasteiger partial charge is 0.366 e. The number of nitrogens with one attached hydrogen (secondary N) is 1. The van der Waals surface area contributed by atoms with Crippen molar-refractivity contribution in [2.45, 2.75) is 25.8 Å². The number of carbonyl (C=O) groups is 2. The first kappa shape index (κ1) is 25.4. The molecule has 4 aromatic rings. The van der Waals surface area contributed by atoms with Crippen molar-refractivity contribution in [2.75, 3.05) is 20.1 Å². The molecule has 0 unspecified atom stereocenters. The predicted octanol–water partition coefficient (Wildman–Crippen LogP) is 4.47. The third-order valence-corrected chi connectivity index (χ3v) is 6.76. The molecule has 1 atom stereocenters. The second-order valence-corrected chi connectivity index (χ2v) is 9.70. The number of primary amides is 1. The zero-order valence-corrected chi connectivity index (χ0v) is 21.1. The number of pyridine rings is 2. The quantitative estimate of drug-likeness (QED) is 0.395. The SMILES string of the molecule is Cc1cc(F)cc(-c2cnc3ccc(-c4cc(F)cc(C(N)=O)c4)nc3c2C(=O)N(C)C[C@@H]2CCCN2)c1. The number of nitrogens with two attached hydrogens (primary N) is 1. The van der Waals surface area contributed by atoms with Crippen LogP contribution < -0.4 is 11.1 Å². The molecule has 38 heavy (non-hydrogen) atoms. The van der Waals surface area contributed by atoms with Crippen LogP contribution in [0.5, 0.6) is 0 Å². The van der Waals surface area contributed by atoms with Crippen LogP contribution in [0.3, 0.4) is 0 Å². The van der Waals surface area contributed by atoms with E-state index in [0.29, 0.717) is 45.5 Å². The lowest BCUT2D eigenvalue weighted by Gasteiger charge is -2.23. The van der Waals surface area contributed by atoms with Gasteiger partial charge in [-0.15, -0.1) is 0 Å². The van der Waals surface area contributed by atoms with Gasteiger partial charge in [0.15, 0.2) is 0 Å². The molecule has 0 bridgehead atoms. The highest BCUT2D eigenvalue weighted by Crippen LogP contribution is 2.32. The topological polar surface area (TPSA) is 101 Å². The van der Waals surface area contributed by atoms with E-state index in [9.17, 15) is 18.4 Å². The standard InChI is InChI=1S/C29H27F2N5O2/c1-16-8-17(11-20(30)9-16)23-14-34-25-6-5-24(18-10-19(28(32)37)13-21(31)12-18)35-27(25)26(23)29(38)36(2)15-22-4-3-7-33-22/h5-6,8-14,22,33H,3-4,7,15H2,1-2H3,(H2,32,37)/t22-/m0/s1. The van der Waals surface area contributed by atoms with Gasteiger partial charge in [0, 0.05) is 42.5 Å². The van der Waals surface area contributed by atoms with Crippen LogP contribution in [0.15, 0.2) is 54.7 Å². The van der Waals surface area contributed by atoms with Gasteiger partial charge in [0.25, 0.3) is 5.91 Å². The number of hydrogen-bond acceptors (Lipinski definition) is 5. The first-order chi connectivity index (χ1) is 18.2. The smallest absolute Gasteiger partial charge is 0.256 e. The number of hydrogen-bond donors (Lipinski definition) is 2. The third kappa shape index (κ3) is 5.10. The van der Waals surface area contributed by atoms with Crippen molar-refractivity contribution in [3.05, 3.63) is 83.1 Å². The van der Waals surface area contributed by atoms with E-state index in [4.69, 9.17) is 10.7 Å². The molecule has 9 heteroatoms. The summed E-state index contributed by atoms with van der Waals surface area (Å²) in [4.78, 5) is 36.5. The Balaban J connectivity index is 1.70. The second-order valence-electron chi connectivity index (χ2n) is 9.70. The van der Waals surface area contributed by atoms with Crippen LogP contribution >= 0.6 is 0 Å². The van der Waals surface area contributed by atoms with Crippen LogP contribution in [-0.2, 0) is 0 Å². The molecule has 3 N–H and O–H groups in total. The minimum Gasteiger partial charge on any atom is -0.366 e. The van der Waals surface area contributed by atoms with Crippen LogP contribution in [-0.4, -0.2) is 52.9 Å². The fourth-order valence-corrected chi connectivity index (χ4v) is 4.95. The van der Waals surface area contributed by atoms with Gasteiger partial charge in [0.2, 0.25) is 5.91 Å². The van der Waals surface area contributed by atoms with E-state index in [1.165, 1.54) is 24.3 Å². The number of halogens is 2. The Bertz CT molecular complexity index is 1550. The summed E-state index contributed by atoms with van der Waals surface area (Å²) >= 11 is 0. The average molecular weight is 516 g/mol. The molecule has 2 aromatic carbocycles. The lowest BCUT2D eigenvalue weighted by molar-refractivity contribution is 0.0786. The summed E-state index contributed by atoms with van der Waals surface area (Å²) in [5, 5.41) is 3.40. The van der Waals surface area contributed by atoms with Crippen LogP contribution in [0, 0.1) is 18.6 Å². The summed E-state index contributed by atoms with van der Waals surface area (Å²) in [6.07, 6.45) is 3.57. The molecule has 2 aromatic heterocycles. The van der Waals surface area contributed by atoms with E-state index in [1.54, 1.807) is 43.3 Å². The fourth-order valence-electron chi connectivity index (χ4n) is 4.95. The highest BCUT2D eigenvalue weighted by atomic mass is 19.1. The second kappa shape index (κ2) is 10.3. The first-order valence-electron chi connectivity index (χ1n) is 12.4. The van der Waals surface area contributed by atoms with Crippen LogP contribution in [0.4, 0.5) is 8.78 Å². The summed E-state index contributed by atoms with van der Waals surface area (Å²) in [5.41, 5.74) is 8.70. The Morgan fingerprint density at radius 1 is 1.08 bits per heavy atom. The minimum atomic E-state index is -0.769. The van der Waals surface area contributed by atoms with Crippen LogP contribution in [0.25, 0.3) is 33.4 Å². The maximum atomic E-state index is 14.4. The van der Waals surface area contributed by atoms with Crippen molar-refractivity contribution in [3.63, 3.8) is 0 Å². The summed E-state index contributed by atoms with van der Waals surface area (Å²) in [7, 11) is 1.73. The fraction of sp³-hybridized carbons (Fsp3) is 0.241. The molecular weight excluding hydrogens is 488 g/mol. The third-order valence-electron chi connectivity index (χ3n) is 6.76. The van der Waals surface area contributed by atoms with Crippen molar-refractivity contribution in [1.29, 1.82) is 0 Å². The van der Waals surface area contributed by atoms with E-state index in [0.717, 1.165) is 25.5 Å². The van der Waals surface area contributed by atoms with Gasteiger partial charge >= 0.3 is 0 Å². The zero-order chi connectivity index (χ0) is 27.0. The molecule has 0 saturated carbocycles. The molecule has 0 spiro atoms. The molecular formula is C29H27F2N5O2. The zero-order valence-electron chi connectivity index (χ0n) is 21.1. The van der Waals surface area contributed by atoms with E-state index in [1.807, 2.05) is 0 Å². The normalized spacial score (nSPS) is 15.1. The number of likely N-dealkylation sites (N-methyl/N-ethyl adjacent to an activating group) is 1. The van der Waals surface area contributed by atoms with Crippen molar-refractivity contribution in [3.8, 4) is 22.4 Å². The molecule has 1 fully saturated rings. The number of rotatable bonds is 6. The van der Waals surface area contributed by atoms with Gasteiger partial charge in [0.1, 0.15) is 17.2 Å². The van der Waals surface area contributed by atoms with E-state index in [2.05, 4.69) is 10.3 Å². The maximum absolute atomic E-state index is 14.4. The van der Waals surface area contributed by atoms with Gasteiger partial charge in [0.05, 0.1) is 16.8 Å². The number of aromatic nitrogens is 2. The molecule has 0 aliphatic carbocycles. The number of aryl methyl sites for hydroxylation is 1. The molecule has 7 nitrogen and oxygen atoms in total. The molecule has 1 saturated heterocycles. The number of amides is 2. The number of fused-ring (bicyclic) bond motifs is 1. The lowest BCUT2D eigenvalue weighted by atomic mass is 9.97. The Kier molecular flexibility index (Phi) is 6.86. The van der Waals surface area contributed by atoms with Crippen LogP contribution in [0.1, 0.15) is 39.1 Å². The van der Waals surface area contributed by atoms with Crippen molar-refractivity contribution in [1.82, 2.24) is 20.2 Å². The van der Waals surface area contributed by atoms with Gasteiger partial charge < -0.3 is 16.0 Å². The van der Waals surface area contributed by atoms with Crippen molar-refractivity contribution >= 4 is 22.8 Å². The summed E-state index contributed by atoms with van der Waals surface area (Å²) in [5.74, 6) is -2.12. The predicted molar refractivity (Wildman–Crippen MR) is 142 cm³/mol. The highest BCUT2D eigenvalue weighted by molar-refractivity contribution is 6.10. The Labute approximate surface area is 218 Å². The Hall–Kier alpha value is -4.24. The number of benzene rings is 2. The minimum absolute atomic E-state index is 0.00380. The molecule has 2 amide bonds. The first-order valence-corrected chi connectivity index (χ1v) is 12.4. The summed E-state index contributed by atoms with van der Waals surface area (Å²) in [6, 6.07) is 11.8.